The number of carbonyl (C=O) groups is 1. The molecule has 3 rings (SSSR count). The van der Waals surface area contributed by atoms with E-state index in [1.165, 1.54) is 11.5 Å². The van der Waals surface area contributed by atoms with Crippen molar-refractivity contribution in [1.29, 1.82) is 0 Å². The second kappa shape index (κ2) is 7.57. The third-order valence-electron chi connectivity index (χ3n) is 4.65. The molecule has 23 heavy (non-hydrogen) atoms. The molecule has 1 aromatic heterocycles. The lowest BCUT2D eigenvalue weighted by molar-refractivity contribution is -0.126. The second-order valence-corrected chi connectivity index (χ2v) is 7.48. The highest BCUT2D eigenvalue weighted by Crippen LogP contribution is 2.26. The Morgan fingerprint density at radius 1 is 1.26 bits per heavy atom. The van der Waals surface area contributed by atoms with Gasteiger partial charge in [-0.1, -0.05) is 13.8 Å². The van der Waals surface area contributed by atoms with Gasteiger partial charge in [0.25, 0.3) is 0 Å². The minimum absolute atomic E-state index is 0.131. The zero-order chi connectivity index (χ0) is 16.2. The van der Waals surface area contributed by atoms with E-state index in [1.807, 2.05) is 0 Å². The number of aromatic nitrogens is 2. The first-order chi connectivity index (χ1) is 11.1. The molecule has 2 aliphatic rings. The van der Waals surface area contributed by atoms with Gasteiger partial charge in [0.1, 0.15) is 5.82 Å². The molecule has 0 saturated carbocycles. The fourth-order valence-electron chi connectivity index (χ4n) is 3.08. The van der Waals surface area contributed by atoms with Gasteiger partial charge in [0.2, 0.25) is 11.0 Å². The Hall–Kier alpha value is -1.21. The van der Waals surface area contributed by atoms with Gasteiger partial charge in [0.05, 0.1) is 0 Å². The maximum absolute atomic E-state index is 12.4. The van der Waals surface area contributed by atoms with Gasteiger partial charge < -0.3 is 15.0 Å². The Kier molecular flexibility index (Phi) is 5.48. The lowest BCUT2D eigenvalue weighted by atomic mass is 9.95. The number of anilines is 1. The molecule has 0 spiro atoms. The maximum atomic E-state index is 12.4. The minimum atomic E-state index is 0.131. The number of nitrogens with zero attached hydrogens (tertiary/aromatic N) is 3. The van der Waals surface area contributed by atoms with Crippen molar-refractivity contribution < 1.29 is 9.53 Å². The topological polar surface area (TPSA) is 67.4 Å². The average Bonchev–Trinajstić information content (AvgIpc) is 3.06. The fourth-order valence-corrected chi connectivity index (χ4v) is 3.94. The van der Waals surface area contributed by atoms with Gasteiger partial charge in [-0.05, 0) is 25.7 Å². The van der Waals surface area contributed by atoms with E-state index >= 15 is 0 Å². The molecule has 2 saturated heterocycles. The standard InChI is InChI=1S/C16H26N4O2S/c1-11(2)14-18-16(23-19-14)20-7-3-12(4-8-20)15(21)17-13-5-9-22-10-6-13/h11-13H,3-10H2,1-2H3,(H,17,21). The van der Waals surface area contributed by atoms with Crippen molar-refractivity contribution in [3.05, 3.63) is 5.82 Å². The highest BCUT2D eigenvalue weighted by Gasteiger charge is 2.28. The molecule has 2 fully saturated rings. The Morgan fingerprint density at radius 3 is 2.57 bits per heavy atom. The summed E-state index contributed by atoms with van der Waals surface area (Å²) in [6.07, 6.45) is 3.66. The summed E-state index contributed by atoms with van der Waals surface area (Å²) in [6.45, 7) is 7.52. The third-order valence-corrected chi connectivity index (χ3v) is 5.44. The van der Waals surface area contributed by atoms with E-state index in [9.17, 15) is 4.79 Å². The molecule has 128 valence electrons. The number of carbonyl (C=O) groups excluding carboxylic acids is 1. The van der Waals surface area contributed by atoms with Crippen LogP contribution < -0.4 is 10.2 Å². The van der Waals surface area contributed by atoms with E-state index in [2.05, 4.69) is 33.4 Å². The maximum Gasteiger partial charge on any atom is 0.223 e. The molecule has 1 amide bonds. The molecule has 6 nitrogen and oxygen atoms in total. The molecule has 7 heteroatoms. The number of hydrogen-bond donors (Lipinski definition) is 1. The van der Waals surface area contributed by atoms with Crippen LogP contribution in [0.3, 0.4) is 0 Å². The van der Waals surface area contributed by atoms with Gasteiger partial charge in [0, 0.05) is 55.7 Å². The zero-order valence-electron chi connectivity index (χ0n) is 14.0. The van der Waals surface area contributed by atoms with Crippen LogP contribution in [0.15, 0.2) is 0 Å². The van der Waals surface area contributed by atoms with Crippen LogP contribution in [0, 0.1) is 5.92 Å². The number of ether oxygens (including phenoxy) is 1. The van der Waals surface area contributed by atoms with Crippen molar-refractivity contribution in [2.24, 2.45) is 5.92 Å². The van der Waals surface area contributed by atoms with E-state index in [1.54, 1.807) is 0 Å². The van der Waals surface area contributed by atoms with Crippen LogP contribution in [-0.2, 0) is 9.53 Å². The molecule has 1 N–H and O–H groups in total. The Bertz CT molecular complexity index is 520. The predicted octanol–water partition coefficient (Wildman–Crippen LogP) is 2.17. The quantitative estimate of drug-likeness (QED) is 0.911. The smallest absolute Gasteiger partial charge is 0.223 e. The largest absolute Gasteiger partial charge is 0.381 e. The summed E-state index contributed by atoms with van der Waals surface area (Å²) in [5.41, 5.74) is 0. The van der Waals surface area contributed by atoms with Crippen LogP contribution in [0.5, 0.6) is 0 Å². The third kappa shape index (κ3) is 4.20. The van der Waals surface area contributed by atoms with Crippen LogP contribution in [0.25, 0.3) is 0 Å². The van der Waals surface area contributed by atoms with Crippen LogP contribution in [-0.4, -0.2) is 47.6 Å². The molecule has 0 unspecified atom stereocenters. The molecule has 2 aliphatic heterocycles. The summed E-state index contributed by atoms with van der Waals surface area (Å²) in [6, 6.07) is 0.297. The van der Waals surface area contributed by atoms with Crippen LogP contribution in [0.4, 0.5) is 5.13 Å². The summed E-state index contributed by atoms with van der Waals surface area (Å²) >= 11 is 1.47. The van der Waals surface area contributed by atoms with E-state index in [0.29, 0.717) is 12.0 Å². The van der Waals surface area contributed by atoms with E-state index in [4.69, 9.17) is 4.74 Å². The van der Waals surface area contributed by atoms with Crippen LogP contribution in [0.2, 0.25) is 0 Å². The molecule has 0 radical (unpaired) electrons. The van der Waals surface area contributed by atoms with Gasteiger partial charge in [-0.25, -0.2) is 4.98 Å². The molecular weight excluding hydrogens is 312 g/mol. The monoisotopic (exact) mass is 338 g/mol. The number of hydrogen-bond acceptors (Lipinski definition) is 6. The summed E-state index contributed by atoms with van der Waals surface area (Å²) < 4.78 is 9.76. The first-order valence-electron chi connectivity index (χ1n) is 8.60. The first-order valence-corrected chi connectivity index (χ1v) is 9.37. The number of nitrogens with one attached hydrogen (secondary N) is 1. The fraction of sp³-hybridized carbons (Fsp3) is 0.812. The Morgan fingerprint density at radius 2 is 1.96 bits per heavy atom. The van der Waals surface area contributed by atoms with Crippen molar-refractivity contribution in [3.8, 4) is 0 Å². The van der Waals surface area contributed by atoms with Gasteiger partial charge in [-0.3, -0.25) is 4.79 Å². The average molecular weight is 338 g/mol. The molecule has 1 aromatic rings. The molecule has 0 bridgehead atoms. The second-order valence-electron chi connectivity index (χ2n) is 6.75. The Labute approximate surface area is 141 Å². The van der Waals surface area contributed by atoms with E-state index < -0.39 is 0 Å². The molecule has 0 aromatic carbocycles. The lowest BCUT2D eigenvalue weighted by Gasteiger charge is -2.32. The highest BCUT2D eigenvalue weighted by molar-refractivity contribution is 7.09. The van der Waals surface area contributed by atoms with Crippen LogP contribution >= 0.6 is 11.5 Å². The zero-order valence-corrected chi connectivity index (χ0v) is 14.8. The van der Waals surface area contributed by atoms with E-state index in [-0.39, 0.29) is 11.8 Å². The molecular formula is C16H26N4O2S. The van der Waals surface area contributed by atoms with Crippen LogP contribution in [0.1, 0.15) is 51.3 Å². The number of rotatable bonds is 4. The summed E-state index contributed by atoms with van der Waals surface area (Å²) in [4.78, 5) is 19.3. The lowest BCUT2D eigenvalue weighted by Crippen LogP contribution is -2.45. The van der Waals surface area contributed by atoms with Crippen molar-refractivity contribution >= 4 is 22.6 Å². The van der Waals surface area contributed by atoms with Crippen molar-refractivity contribution in [3.63, 3.8) is 0 Å². The normalized spacial score (nSPS) is 20.9. The first kappa shape index (κ1) is 16.6. The Balaban J connectivity index is 1.48. The highest BCUT2D eigenvalue weighted by atomic mass is 32.1. The minimum Gasteiger partial charge on any atom is -0.381 e. The van der Waals surface area contributed by atoms with Gasteiger partial charge in [-0.2, -0.15) is 4.37 Å². The molecule has 0 aliphatic carbocycles. The van der Waals surface area contributed by atoms with Crippen molar-refractivity contribution in [1.82, 2.24) is 14.7 Å². The van der Waals surface area contributed by atoms with Crippen molar-refractivity contribution in [2.45, 2.75) is 51.5 Å². The number of amides is 1. The van der Waals surface area contributed by atoms with Gasteiger partial charge in [0.15, 0.2) is 0 Å². The summed E-state index contributed by atoms with van der Waals surface area (Å²) in [5, 5.41) is 4.20. The van der Waals surface area contributed by atoms with Gasteiger partial charge >= 0.3 is 0 Å². The number of piperidine rings is 1. The van der Waals surface area contributed by atoms with E-state index in [0.717, 1.165) is 62.9 Å². The predicted molar refractivity (Wildman–Crippen MR) is 90.9 cm³/mol. The summed E-state index contributed by atoms with van der Waals surface area (Å²) in [7, 11) is 0. The SMILES string of the molecule is CC(C)c1nsc(N2CCC(C(=O)NC3CCOCC3)CC2)n1. The van der Waals surface area contributed by atoms with Crippen molar-refractivity contribution in [2.75, 3.05) is 31.2 Å². The summed E-state index contributed by atoms with van der Waals surface area (Å²) in [5.74, 6) is 1.63. The van der Waals surface area contributed by atoms with Gasteiger partial charge in [-0.15, -0.1) is 0 Å². The molecule has 0 atom stereocenters. The molecule has 3 heterocycles.